The van der Waals surface area contributed by atoms with E-state index in [2.05, 4.69) is 21.5 Å². The van der Waals surface area contributed by atoms with Gasteiger partial charge in [-0.2, -0.15) is 5.10 Å². The Labute approximate surface area is 178 Å². The number of para-hydroxylation sites is 1. The molecule has 1 amide bonds. The summed E-state index contributed by atoms with van der Waals surface area (Å²) in [4.78, 5) is 28.7. The summed E-state index contributed by atoms with van der Waals surface area (Å²) >= 11 is 0. The fraction of sp³-hybridized carbons (Fsp3) is 0.208. The highest BCUT2D eigenvalue weighted by atomic mass is 16.2. The molecule has 0 aliphatic rings. The topological polar surface area (TPSA) is 84.2 Å². The Morgan fingerprint density at radius 1 is 1.10 bits per heavy atom. The molecule has 2 N–H and O–H groups in total. The number of amides is 1. The van der Waals surface area contributed by atoms with Gasteiger partial charge in [-0.25, -0.2) is 4.68 Å². The normalized spacial score (nSPS) is 11.5. The maximum absolute atomic E-state index is 13.0. The molecule has 0 saturated heterocycles. The van der Waals surface area contributed by atoms with Gasteiger partial charge in [0.15, 0.2) is 0 Å². The minimum absolute atomic E-state index is 0.107. The Bertz CT molecular complexity index is 1510. The first kappa shape index (κ1) is 19.1. The number of carbonyl (C=O) groups excluding carboxylic acids is 1. The monoisotopic (exact) mass is 413 g/mol. The highest BCUT2D eigenvalue weighted by Gasteiger charge is 2.14. The Hall–Kier alpha value is -3.87. The van der Waals surface area contributed by atoms with Crippen LogP contribution in [0.2, 0.25) is 0 Å². The third-order valence-corrected chi connectivity index (χ3v) is 5.68. The smallest absolute Gasteiger partial charge is 0.291 e. The molecule has 3 heterocycles. The zero-order valence-electron chi connectivity index (χ0n) is 17.5. The third kappa shape index (κ3) is 3.38. The van der Waals surface area contributed by atoms with Crippen LogP contribution in [-0.2, 0) is 17.8 Å². The molecule has 0 radical (unpaired) electrons. The Morgan fingerprint density at radius 3 is 2.81 bits per heavy atom. The maximum atomic E-state index is 13.0. The minimum Gasteiger partial charge on any atom is -0.361 e. The van der Waals surface area contributed by atoms with Crippen molar-refractivity contribution in [3.63, 3.8) is 0 Å². The average molecular weight is 413 g/mol. The third-order valence-electron chi connectivity index (χ3n) is 5.68. The van der Waals surface area contributed by atoms with Gasteiger partial charge in [-0.1, -0.05) is 29.8 Å². The minimum atomic E-state index is -0.272. The number of fused-ring (bicyclic) bond motifs is 4. The van der Waals surface area contributed by atoms with E-state index in [1.165, 1.54) is 4.68 Å². The largest absolute Gasteiger partial charge is 0.361 e. The lowest BCUT2D eigenvalue weighted by Gasteiger charge is -2.09. The number of nitrogens with one attached hydrogen (secondary N) is 2. The van der Waals surface area contributed by atoms with Gasteiger partial charge < -0.3 is 10.3 Å². The molecule has 2 aromatic carbocycles. The summed E-state index contributed by atoms with van der Waals surface area (Å²) in [5, 5.41) is 9.44. The van der Waals surface area contributed by atoms with E-state index in [0.29, 0.717) is 24.3 Å². The van der Waals surface area contributed by atoms with Crippen molar-refractivity contribution in [1.29, 1.82) is 0 Å². The van der Waals surface area contributed by atoms with Crippen LogP contribution >= 0.6 is 0 Å². The molecule has 0 fully saturated rings. The van der Waals surface area contributed by atoms with Crippen molar-refractivity contribution in [3.8, 4) is 0 Å². The van der Waals surface area contributed by atoms with E-state index in [9.17, 15) is 9.59 Å². The van der Waals surface area contributed by atoms with Gasteiger partial charge in [-0.05, 0) is 50.1 Å². The summed E-state index contributed by atoms with van der Waals surface area (Å²) in [6.07, 6.45) is 2.68. The number of rotatable bonds is 5. The van der Waals surface area contributed by atoms with E-state index in [4.69, 9.17) is 0 Å². The van der Waals surface area contributed by atoms with E-state index < -0.39 is 0 Å². The number of benzene rings is 2. The van der Waals surface area contributed by atoms with Gasteiger partial charge in [-0.15, -0.1) is 0 Å². The maximum Gasteiger partial charge on any atom is 0.291 e. The fourth-order valence-electron chi connectivity index (χ4n) is 4.21. The van der Waals surface area contributed by atoms with E-state index in [-0.39, 0.29) is 18.0 Å². The lowest BCUT2D eigenvalue weighted by Crippen LogP contribution is -2.35. The van der Waals surface area contributed by atoms with E-state index >= 15 is 0 Å². The molecule has 0 unspecified atom stereocenters. The zero-order chi connectivity index (χ0) is 21.5. The van der Waals surface area contributed by atoms with Gasteiger partial charge in [-0.3, -0.25) is 14.0 Å². The summed E-state index contributed by atoms with van der Waals surface area (Å²) in [5.74, 6) is 0.435. The second-order valence-corrected chi connectivity index (χ2v) is 7.90. The van der Waals surface area contributed by atoms with Crippen molar-refractivity contribution < 1.29 is 4.79 Å². The summed E-state index contributed by atoms with van der Waals surface area (Å²) in [5.41, 5.74) is 4.56. The highest BCUT2D eigenvalue weighted by molar-refractivity contribution is 5.87. The molecule has 7 nitrogen and oxygen atoms in total. The first-order chi connectivity index (χ1) is 15.0. The molecule has 0 aliphatic heterocycles. The second-order valence-electron chi connectivity index (χ2n) is 7.90. The number of aromatic nitrogens is 4. The van der Waals surface area contributed by atoms with Crippen molar-refractivity contribution in [2.24, 2.45) is 0 Å². The average Bonchev–Trinajstić information content (AvgIpc) is 3.33. The molecule has 0 spiro atoms. The predicted octanol–water partition coefficient (Wildman–Crippen LogP) is 3.11. The number of hydrogen-bond donors (Lipinski definition) is 2. The van der Waals surface area contributed by atoms with Crippen LogP contribution in [0.4, 0.5) is 0 Å². The lowest BCUT2D eigenvalue weighted by atomic mass is 10.1. The van der Waals surface area contributed by atoms with E-state index in [1.54, 1.807) is 0 Å². The summed E-state index contributed by atoms with van der Waals surface area (Å²) in [6, 6.07) is 16.0. The van der Waals surface area contributed by atoms with E-state index in [1.807, 2.05) is 66.9 Å². The molecule has 0 bridgehead atoms. The van der Waals surface area contributed by atoms with Crippen LogP contribution in [0.1, 0.15) is 17.0 Å². The predicted molar refractivity (Wildman–Crippen MR) is 121 cm³/mol. The first-order valence-corrected chi connectivity index (χ1v) is 10.3. The van der Waals surface area contributed by atoms with Crippen LogP contribution in [-0.4, -0.2) is 31.6 Å². The lowest BCUT2D eigenvalue weighted by molar-refractivity contribution is -0.121. The van der Waals surface area contributed by atoms with Crippen molar-refractivity contribution >= 4 is 33.2 Å². The van der Waals surface area contributed by atoms with Gasteiger partial charge in [0.25, 0.3) is 5.56 Å². The zero-order valence-corrected chi connectivity index (χ0v) is 17.5. The van der Waals surface area contributed by atoms with Crippen LogP contribution < -0.4 is 10.9 Å². The Morgan fingerprint density at radius 2 is 1.94 bits per heavy atom. The van der Waals surface area contributed by atoms with Crippen LogP contribution in [0.15, 0.2) is 59.5 Å². The first-order valence-electron chi connectivity index (χ1n) is 10.3. The number of aryl methyl sites for hydroxylation is 2. The molecule has 5 rings (SSSR count). The van der Waals surface area contributed by atoms with E-state index in [0.717, 1.165) is 32.9 Å². The van der Waals surface area contributed by atoms with Gasteiger partial charge in [0.05, 0.1) is 5.52 Å². The Balaban J connectivity index is 1.34. The fourth-order valence-corrected chi connectivity index (χ4v) is 4.21. The SMILES string of the molecule is Cc1ccc2c(c1)cc1c(=O)n(CC(=O)NCCc3c[nH]c4ccccc34)nc(C)n12. The van der Waals surface area contributed by atoms with Gasteiger partial charge in [0.1, 0.15) is 17.9 Å². The van der Waals surface area contributed by atoms with Crippen molar-refractivity contribution in [2.45, 2.75) is 26.8 Å². The molecule has 3 aromatic heterocycles. The summed E-state index contributed by atoms with van der Waals surface area (Å²) in [7, 11) is 0. The Kier molecular flexibility index (Phi) is 4.58. The molecule has 5 aromatic rings. The van der Waals surface area contributed by atoms with Gasteiger partial charge in [0.2, 0.25) is 5.91 Å². The number of H-pyrrole nitrogens is 1. The molecule has 7 heteroatoms. The van der Waals surface area contributed by atoms with Crippen LogP contribution in [0.5, 0.6) is 0 Å². The molecule has 0 atom stereocenters. The standard InChI is InChI=1S/C24H23N5O2/c1-15-7-8-21-18(11-15)12-22-24(31)28(27-16(2)29(21)22)14-23(30)25-10-9-17-13-26-20-6-4-3-5-19(17)20/h3-8,11-13,26H,9-10,14H2,1-2H3,(H,25,30). The van der Waals surface area contributed by atoms with Crippen LogP contribution in [0.25, 0.3) is 27.3 Å². The number of hydrogen-bond acceptors (Lipinski definition) is 3. The molecular formula is C24H23N5O2. The van der Waals surface area contributed by atoms with Crippen LogP contribution in [0.3, 0.4) is 0 Å². The molecule has 0 saturated carbocycles. The van der Waals surface area contributed by atoms with Crippen molar-refractivity contribution in [2.75, 3.05) is 6.54 Å². The molecule has 0 aliphatic carbocycles. The summed E-state index contributed by atoms with van der Waals surface area (Å²) < 4.78 is 3.10. The number of aromatic amines is 1. The molecular weight excluding hydrogens is 390 g/mol. The summed E-state index contributed by atoms with van der Waals surface area (Å²) in [6.45, 7) is 4.25. The quantitative estimate of drug-likeness (QED) is 0.464. The number of carbonyl (C=O) groups is 1. The van der Waals surface area contributed by atoms with Crippen molar-refractivity contribution in [3.05, 3.63) is 82.0 Å². The second kappa shape index (κ2) is 7.43. The molecule has 156 valence electrons. The highest BCUT2D eigenvalue weighted by Crippen LogP contribution is 2.20. The van der Waals surface area contributed by atoms with Crippen molar-refractivity contribution in [1.82, 2.24) is 24.5 Å². The van der Waals surface area contributed by atoms with Gasteiger partial charge in [0, 0.05) is 29.0 Å². The van der Waals surface area contributed by atoms with Crippen LogP contribution in [0, 0.1) is 13.8 Å². The number of nitrogens with zero attached hydrogens (tertiary/aromatic N) is 3. The molecule has 31 heavy (non-hydrogen) atoms. The van der Waals surface area contributed by atoms with Gasteiger partial charge >= 0.3 is 0 Å².